The first-order chi connectivity index (χ1) is 6.82. The molecule has 0 aliphatic rings. The Balaban J connectivity index is 4.21. The van der Waals surface area contributed by atoms with Gasteiger partial charge in [-0.15, -0.1) is 0 Å². The van der Waals surface area contributed by atoms with E-state index in [1.54, 1.807) is 0 Å². The number of nitrogens with zero attached hydrogens (tertiary/aromatic N) is 1. The Bertz CT molecular complexity index is 266. The second kappa shape index (κ2) is 5.84. The van der Waals surface area contributed by atoms with Crippen molar-refractivity contribution in [2.24, 2.45) is 0 Å². The standard InChI is InChI=1S/C8H14N2O5/c1-5(15-7(3)12)4-10(8(13)14)9-6(2)11/h5H,4H2,1-3H3,(H,9,11)(H,13,14)/t5-/m1/s1. The highest BCUT2D eigenvalue weighted by atomic mass is 16.5. The highest BCUT2D eigenvalue weighted by molar-refractivity contribution is 5.76. The molecule has 0 spiro atoms. The Morgan fingerprint density at radius 2 is 1.93 bits per heavy atom. The Kier molecular flexibility index (Phi) is 5.14. The fourth-order valence-electron chi connectivity index (χ4n) is 0.939. The van der Waals surface area contributed by atoms with Gasteiger partial charge in [-0.25, -0.2) is 9.80 Å². The number of carbonyl (C=O) groups is 3. The number of hydrazine groups is 1. The molecule has 7 heteroatoms. The Labute approximate surface area is 87.0 Å². The minimum Gasteiger partial charge on any atom is -0.464 e. The van der Waals surface area contributed by atoms with E-state index in [9.17, 15) is 14.4 Å². The van der Waals surface area contributed by atoms with Crippen LogP contribution in [-0.2, 0) is 14.3 Å². The van der Waals surface area contributed by atoms with Crippen LogP contribution in [0.15, 0.2) is 0 Å². The molecule has 0 aromatic rings. The number of carboxylic acid groups (broad SMARTS) is 1. The van der Waals surface area contributed by atoms with E-state index in [0.29, 0.717) is 5.01 Å². The molecule has 2 amide bonds. The van der Waals surface area contributed by atoms with E-state index in [0.717, 1.165) is 0 Å². The first-order valence-electron chi connectivity index (χ1n) is 4.27. The summed E-state index contributed by atoms with van der Waals surface area (Å²) in [5.74, 6) is -1.01. The molecular formula is C8H14N2O5. The van der Waals surface area contributed by atoms with Crippen LogP contribution in [0.2, 0.25) is 0 Å². The molecule has 0 aromatic carbocycles. The first kappa shape index (κ1) is 13.2. The van der Waals surface area contributed by atoms with Gasteiger partial charge in [-0.05, 0) is 6.92 Å². The number of ether oxygens (including phenoxy) is 1. The third kappa shape index (κ3) is 6.30. The van der Waals surface area contributed by atoms with Crippen LogP contribution in [-0.4, -0.2) is 40.7 Å². The summed E-state index contributed by atoms with van der Waals surface area (Å²) in [6.45, 7) is 3.82. The van der Waals surface area contributed by atoms with Crippen molar-refractivity contribution in [2.45, 2.75) is 26.9 Å². The molecule has 0 aromatic heterocycles. The van der Waals surface area contributed by atoms with Crippen LogP contribution in [0.5, 0.6) is 0 Å². The monoisotopic (exact) mass is 218 g/mol. The number of nitrogens with one attached hydrogen (secondary N) is 1. The van der Waals surface area contributed by atoms with Crippen molar-refractivity contribution in [3.05, 3.63) is 0 Å². The van der Waals surface area contributed by atoms with Crippen LogP contribution in [0.4, 0.5) is 4.79 Å². The molecule has 2 N–H and O–H groups in total. The molecule has 0 saturated carbocycles. The van der Waals surface area contributed by atoms with E-state index in [-0.39, 0.29) is 6.54 Å². The number of hydrogen-bond donors (Lipinski definition) is 2. The minimum atomic E-state index is -1.32. The van der Waals surface area contributed by atoms with Crippen LogP contribution >= 0.6 is 0 Å². The maximum absolute atomic E-state index is 10.6. The van der Waals surface area contributed by atoms with Gasteiger partial charge in [0.05, 0.1) is 6.54 Å². The van der Waals surface area contributed by atoms with Gasteiger partial charge in [-0.2, -0.15) is 0 Å². The maximum atomic E-state index is 10.6. The lowest BCUT2D eigenvalue weighted by Gasteiger charge is -2.22. The highest BCUT2D eigenvalue weighted by Crippen LogP contribution is 1.95. The molecule has 0 saturated heterocycles. The molecule has 0 aliphatic heterocycles. The van der Waals surface area contributed by atoms with Crippen molar-refractivity contribution in [1.82, 2.24) is 10.4 Å². The smallest absolute Gasteiger partial charge is 0.426 e. The molecular weight excluding hydrogens is 204 g/mol. The number of carbonyl (C=O) groups excluding carboxylic acids is 2. The molecule has 0 unspecified atom stereocenters. The Hall–Kier alpha value is -1.79. The summed E-state index contributed by atoms with van der Waals surface area (Å²) < 4.78 is 4.72. The van der Waals surface area contributed by atoms with E-state index >= 15 is 0 Å². The van der Waals surface area contributed by atoms with Crippen molar-refractivity contribution < 1.29 is 24.2 Å². The Morgan fingerprint density at radius 3 is 2.27 bits per heavy atom. The average Bonchev–Trinajstić information content (AvgIpc) is 1.99. The normalized spacial score (nSPS) is 11.4. The third-order valence-electron chi connectivity index (χ3n) is 1.33. The lowest BCUT2D eigenvalue weighted by atomic mass is 10.4. The van der Waals surface area contributed by atoms with Gasteiger partial charge in [0.2, 0.25) is 5.91 Å². The zero-order valence-corrected chi connectivity index (χ0v) is 8.81. The average molecular weight is 218 g/mol. The molecule has 0 bridgehead atoms. The predicted molar refractivity (Wildman–Crippen MR) is 49.8 cm³/mol. The van der Waals surface area contributed by atoms with E-state index in [4.69, 9.17) is 9.84 Å². The molecule has 0 radical (unpaired) electrons. The van der Waals surface area contributed by atoms with Crippen LogP contribution in [0.3, 0.4) is 0 Å². The van der Waals surface area contributed by atoms with Gasteiger partial charge < -0.3 is 9.84 Å². The topological polar surface area (TPSA) is 95.9 Å². The van der Waals surface area contributed by atoms with E-state index in [1.807, 2.05) is 0 Å². The van der Waals surface area contributed by atoms with Crippen LogP contribution in [0, 0.1) is 0 Å². The quantitative estimate of drug-likeness (QED) is 0.512. The molecule has 0 rings (SSSR count). The molecule has 0 aliphatic carbocycles. The summed E-state index contributed by atoms with van der Waals surface area (Å²) >= 11 is 0. The summed E-state index contributed by atoms with van der Waals surface area (Å²) in [6.07, 6.45) is -1.94. The summed E-state index contributed by atoms with van der Waals surface area (Å²) in [5, 5.41) is 9.34. The van der Waals surface area contributed by atoms with Crippen molar-refractivity contribution >= 4 is 18.0 Å². The Morgan fingerprint density at radius 1 is 1.40 bits per heavy atom. The molecule has 1 atom stereocenters. The maximum Gasteiger partial charge on any atom is 0.426 e. The number of hydrogen-bond acceptors (Lipinski definition) is 4. The first-order valence-corrected chi connectivity index (χ1v) is 4.27. The minimum absolute atomic E-state index is 0.117. The second-order valence-corrected chi connectivity index (χ2v) is 2.98. The summed E-state index contributed by atoms with van der Waals surface area (Å²) in [6, 6.07) is 0. The lowest BCUT2D eigenvalue weighted by Crippen LogP contribution is -2.48. The zero-order chi connectivity index (χ0) is 12.0. The summed E-state index contributed by atoms with van der Waals surface area (Å²) in [5.41, 5.74) is 2.09. The number of amides is 2. The molecule has 86 valence electrons. The number of esters is 1. The summed E-state index contributed by atoms with van der Waals surface area (Å²) in [7, 11) is 0. The van der Waals surface area contributed by atoms with Crippen molar-refractivity contribution in [3.63, 3.8) is 0 Å². The van der Waals surface area contributed by atoms with Gasteiger partial charge in [0.15, 0.2) is 0 Å². The van der Waals surface area contributed by atoms with Gasteiger partial charge in [0.1, 0.15) is 6.10 Å². The molecule has 0 heterocycles. The van der Waals surface area contributed by atoms with E-state index in [1.165, 1.54) is 20.8 Å². The third-order valence-corrected chi connectivity index (χ3v) is 1.33. The fourth-order valence-corrected chi connectivity index (χ4v) is 0.939. The van der Waals surface area contributed by atoms with Gasteiger partial charge in [0.25, 0.3) is 0 Å². The van der Waals surface area contributed by atoms with Crippen LogP contribution in [0.25, 0.3) is 0 Å². The van der Waals surface area contributed by atoms with E-state index in [2.05, 4.69) is 5.43 Å². The molecule has 15 heavy (non-hydrogen) atoms. The second-order valence-electron chi connectivity index (χ2n) is 2.98. The largest absolute Gasteiger partial charge is 0.464 e. The highest BCUT2D eigenvalue weighted by Gasteiger charge is 2.17. The summed E-state index contributed by atoms with van der Waals surface area (Å²) in [4.78, 5) is 31.8. The zero-order valence-electron chi connectivity index (χ0n) is 8.81. The van der Waals surface area contributed by atoms with Crippen molar-refractivity contribution in [1.29, 1.82) is 0 Å². The molecule has 7 nitrogen and oxygen atoms in total. The van der Waals surface area contributed by atoms with Crippen molar-refractivity contribution in [3.8, 4) is 0 Å². The van der Waals surface area contributed by atoms with E-state index < -0.39 is 24.1 Å². The lowest BCUT2D eigenvalue weighted by molar-refractivity contribution is -0.146. The van der Waals surface area contributed by atoms with Crippen LogP contribution in [0.1, 0.15) is 20.8 Å². The van der Waals surface area contributed by atoms with Gasteiger partial charge >= 0.3 is 12.1 Å². The van der Waals surface area contributed by atoms with Crippen LogP contribution < -0.4 is 5.43 Å². The molecule has 0 fully saturated rings. The fraction of sp³-hybridized carbons (Fsp3) is 0.625. The van der Waals surface area contributed by atoms with Gasteiger partial charge in [-0.3, -0.25) is 15.0 Å². The van der Waals surface area contributed by atoms with Crippen molar-refractivity contribution in [2.75, 3.05) is 6.54 Å². The number of rotatable bonds is 3. The SMILES string of the molecule is CC(=O)NN(C[C@@H](C)OC(C)=O)C(=O)O. The predicted octanol–water partition coefficient (Wildman–Crippen LogP) is -0.0309. The van der Waals surface area contributed by atoms with Gasteiger partial charge in [-0.1, -0.05) is 0 Å². The van der Waals surface area contributed by atoms with Gasteiger partial charge in [0, 0.05) is 13.8 Å².